The molecule has 0 aliphatic rings. The van der Waals surface area contributed by atoms with Crippen molar-refractivity contribution in [3.05, 3.63) is 58.4 Å². The van der Waals surface area contributed by atoms with Gasteiger partial charge in [-0.1, -0.05) is 12.1 Å². The minimum atomic E-state index is -0.283. The number of nitrogens with one attached hydrogen (secondary N) is 2. The quantitative estimate of drug-likeness (QED) is 0.747. The van der Waals surface area contributed by atoms with E-state index >= 15 is 0 Å². The van der Waals surface area contributed by atoms with Crippen LogP contribution in [0, 0.1) is 0 Å². The zero-order valence-electron chi connectivity index (χ0n) is 11.3. The van der Waals surface area contributed by atoms with Crippen molar-refractivity contribution >= 4 is 16.8 Å². The maximum Gasteiger partial charge on any atom is 0.270 e. The molecule has 0 saturated heterocycles. The number of para-hydroxylation sites is 1. The van der Waals surface area contributed by atoms with Gasteiger partial charge >= 0.3 is 0 Å². The summed E-state index contributed by atoms with van der Waals surface area (Å²) in [5, 5.41) is 6.98. The van der Waals surface area contributed by atoms with Gasteiger partial charge in [-0.2, -0.15) is 5.10 Å². The summed E-state index contributed by atoms with van der Waals surface area (Å²) >= 11 is 0. The van der Waals surface area contributed by atoms with Crippen molar-refractivity contribution in [2.24, 2.45) is 0 Å². The fourth-order valence-electron chi connectivity index (χ4n) is 2.12. The number of hydrogen-bond acceptors (Lipinski definition) is 4. The minimum absolute atomic E-state index is 0.180. The number of aromatic amines is 2. The summed E-state index contributed by atoms with van der Waals surface area (Å²) in [4.78, 5) is 32.8. The zero-order chi connectivity index (χ0) is 14.8. The van der Waals surface area contributed by atoms with Crippen molar-refractivity contribution in [2.75, 3.05) is 7.05 Å². The number of hydrogen-bond donors (Lipinski definition) is 2. The Bertz CT molecular complexity index is 838. The van der Waals surface area contributed by atoms with Crippen molar-refractivity contribution in [2.45, 2.75) is 6.54 Å². The molecule has 7 nitrogen and oxygen atoms in total. The van der Waals surface area contributed by atoms with E-state index in [1.165, 1.54) is 17.3 Å². The molecule has 0 atom stereocenters. The van der Waals surface area contributed by atoms with Crippen molar-refractivity contribution < 1.29 is 4.79 Å². The van der Waals surface area contributed by atoms with E-state index in [2.05, 4.69) is 20.2 Å². The van der Waals surface area contributed by atoms with Gasteiger partial charge in [0.1, 0.15) is 17.8 Å². The molecular formula is C14H13N5O2. The molecule has 0 unspecified atom stereocenters. The van der Waals surface area contributed by atoms with Gasteiger partial charge in [-0.15, -0.1) is 0 Å². The van der Waals surface area contributed by atoms with Crippen LogP contribution in [0.5, 0.6) is 0 Å². The van der Waals surface area contributed by atoms with Gasteiger partial charge in [0.15, 0.2) is 5.43 Å². The Hall–Kier alpha value is -2.96. The van der Waals surface area contributed by atoms with E-state index in [1.54, 1.807) is 25.2 Å². The third-order valence-corrected chi connectivity index (χ3v) is 3.17. The number of carbonyl (C=O) groups is 1. The van der Waals surface area contributed by atoms with Gasteiger partial charge in [0.25, 0.3) is 5.91 Å². The number of amides is 1. The Labute approximate surface area is 119 Å². The first-order valence-corrected chi connectivity index (χ1v) is 6.37. The number of carbonyl (C=O) groups excluding carboxylic acids is 1. The molecule has 106 valence electrons. The molecule has 3 aromatic rings. The Balaban J connectivity index is 1.92. The maximum atomic E-state index is 12.4. The van der Waals surface area contributed by atoms with E-state index in [9.17, 15) is 9.59 Å². The maximum absolute atomic E-state index is 12.4. The second kappa shape index (κ2) is 5.20. The second-order valence-corrected chi connectivity index (χ2v) is 4.69. The minimum Gasteiger partial charge on any atom is -0.350 e. The van der Waals surface area contributed by atoms with E-state index in [4.69, 9.17) is 0 Å². The molecule has 2 heterocycles. The van der Waals surface area contributed by atoms with Gasteiger partial charge in [0.2, 0.25) is 0 Å². The predicted molar refractivity (Wildman–Crippen MR) is 76.7 cm³/mol. The Morgan fingerprint density at radius 3 is 2.90 bits per heavy atom. The standard InChI is InChI=1S/C14H13N5O2/c1-19(7-13-15-8-16-18-13)14(21)11-6-12(20)9-4-2-3-5-10(9)17-11/h2-6,8H,7H2,1H3,(H,17,20)(H,15,16,18). The lowest BCUT2D eigenvalue weighted by molar-refractivity contribution is 0.0776. The van der Waals surface area contributed by atoms with E-state index < -0.39 is 0 Å². The van der Waals surface area contributed by atoms with E-state index in [1.807, 2.05) is 6.07 Å². The number of pyridine rings is 1. The Kier molecular flexibility index (Phi) is 3.23. The van der Waals surface area contributed by atoms with Crippen LogP contribution in [-0.2, 0) is 6.54 Å². The highest BCUT2D eigenvalue weighted by Crippen LogP contribution is 2.09. The number of fused-ring (bicyclic) bond motifs is 1. The highest BCUT2D eigenvalue weighted by molar-refractivity contribution is 5.94. The molecule has 0 aliphatic heterocycles. The average Bonchev–Trinajstić information content (AvgIpc) is 2.99. The second-order valence-electron chi connectivity index (χ2n) is 4.69. The molecule has 0 saturated carbocycles. The fraction of sp³-hybridized carbons (Fsp3) is 0.143. The summed E-state index contributed by atoms with van der Waals surface area (Å²) in [7, 11) is 1.64. The van der Waals surface area contributed by atoms with E-state index in [0.29, 0.717) is 16.7 Å². The van der Waals surface area contributed by atoms with Crippen LogP contribution in [-0.4, -0.2) is 38.0 Å². The smallest absolute Gasteiger partial charge is 0.270 e. The van der Waals surface area contributed by atoms with Gasteiger partial charge in [-0.05, 0) is 12.1 Å². The highest BCUT2D eigenvalue weighted by atomic mass is 16.2. The normalized spacial score (nSPS) is 10.7. The van der Waals surface area contributed by atoms with Crippen molar-refractivity contribution in [3.8, 4) is 0 Å². The van der Waals surface area contributed by atoms with Gasteiger partial charge < -0.3 is 9.88 Å². The SMILES string of the molecule is CN(Cc1ncn[nH]1)C(=O)c1cc(=O)c2ccccc2[nH]1. The van der Waals surface area contributed by atoms with Crippen molar-refractivity contribution in [1.82, 2.24) is 25.1 Å². The summed E-state index contributed by atoms with van der Waals surface area (Å²) in [6.07, 6.45) is 1.38. The topological polar surface area (TPSA) is 94.7 Å². The van der Waals surface area contributed by atoms with Crippen LogP contribution in [0.25, 0.3) is 10.9 Å². The molecule has 0 radical (unpaired) electrons. The summed E-state index contributed by atoms with van der Waals surface area (Å²) in [6, 6.07) is 8.41. The van der Waals surface area contributed by atoms with E-state index in [0.717, 1.165) is 0 Å². The third kappa shape index (κ3) is 2.53. The van der Waals surface area contributed by atoms with Gasteiger partial charge in [-0.25, -0.2) is 4.98 Å². The summed E-state index contributed by atoms with van der Waals surface area (Å²) < 4.78 is 0. The first-order chi connectivity index (χ1) is 10.1. The first-order valence-electron chi connectivity index (χ1n) is 6.37. The zero-order valence-corrected chi connectivity index (χ0v) is 11.3. The molecule has 0 fully saturated rings. The van der Waals surface area contributed by atoms with Crippen LogP contribution in [0.15, 0.2) is 41.5 Å². The molecule has 3 rings (SSSR count). The molecule has 0 spiro atoms. The Morgan fingerprint density at radius 1 is 1.33 bits per heavy atom. The van der Waals surface area contributed by atoms with Crippen LogP contribution in [0.2, 0.25) is 0 Å². The molecule has 2 N–H and O–H groups in total. The third-order valence-electron chi connectivity index (χ3n) is 3.17. The summed E-state index contributed by atoms with van der Waals surface area (Å²) in [5.74, 6) is 0.295. The fourth-order valence-corrected chi connectivity index (χ4v) is 2.12. The molecule has 21 heavy (non-hydrogen) atoms. The number of H-pyrrole nitrogens is 2. The molecule has 0 bridgehead atoms. The lowest BCUT2D eigenvalue weighted by Crippen LogP contribution is -2.28. The van der Waals surface area contributed by atoms with Gasteiger partial charge in [-0.3, -0.25) is 14.7 Å². The van der Waals surface area contributed by atoms with Gasteiger partial charge in [0.05, 0.1) is 6.54 Å². The van der Waals surface area contributed by atoms with Crippen LogP contribution in [0.3, 0.4) is 0 Å². The first kappa shape index (κ1) is 13.0. The van der Waals surface area contributed by atoms with Crippen LogP contribution >= 0.6 is 0 Å². The molecule has 1 aromatic carbocycles. The van der Waals surface area contributed by atoms with Crippen LogP contribution in [0.4, 0.5) is 0 Å². The monoisotopic (exact) mass is 283 g/mol. The van der Waals surface area contributed by atoms with Gasteiger partial charge in [0, 0.05) is 24.0 Å². The van der Waals surface area contributed by atoms with Crippen LogP contribution in [0.1, 0.15) is 16.3 Å². The number of benzene rings is 1. The average molecular weight is 283 g/mol. The number of nitrogens with zero attached hydrogens (tertiary/aromatic N) is 3. The number of rotatable bonds is 3. The van der Waals surface area contributed by atoms with E-state index in [-0.39, 0.29) is 23.6 Å². The lowest BCUT2D eigenvalue weighted by Gasteiger charge is -2.15. The predicted octanol–water partition coefficient (Wildman–Crippen LogP) is 0.918. The highest BCUT2D eigenvalue weighted by Gasteiger charge is 2.15. The summed E-state index contributed by atoms with van der Waals surface area (Å²) in [6.45, 7) is 0.285. The molecule has 2 aromatic heterocycles. The lowest BCUT2D eigenvalue weighted by atomic mass is 10.2. The summed E-state index contributed by atoms with van der Waals surface area (Å²) in [5.41, 5.74) is 0.711. The molecule has 1 amide bonds. The van der Waals surface area contributed by atoms with Crippen LogP contribution < -0.4 is 5.43 Å². The molecule has 0 aliphatic carbocycles. The molecule has 7 heteroatoms. The molecular weight excluding hydrogens is 270 g/mol. The van der Waals surface area contributed by atoms with Crippen molar-refractivity contribution in [1.29, 1.82) is 0 Å². The Morgan fingerprint density at radius 2 is 2.14 bits per heavy atom. The number of aromatic nitrogens is 4. The van der Waals surface area contributed by atoms with Crippen molar-refractivity contribution in [3.63, 3.8) is 0 Å². The largest absolute Gasteiger partial charge is 0.350 e.